The van der Waals surface area contributed by atoms with E-state index < -0.39 is 6.36 Å². The minimum Gasteiger partial charge on any atom is -0.404 e. The first-order valence-electron chi connectivity index (χ1n) is 4.26. The molecule has 0 bridgehead atoms. The molecule has 16 heavy (non-hydrogen) atoms. The van der Waals surface area contributed by atoms with Crippen LogP contribution in [-0.2, 0) is 0 Å². The molecular weight excluding hydrogens is 336 g/mol. The highest BCUT2D eigenvalue weighted by Crippen LogP contribution is 2.26. The summed E-state index contributed by atoms with van der Waals surface area (Å²) in [6, 6.07) is 1.34. The van der Waals surface area contributed by atoms with Crippen LogP contribution in [0.5, 0.6) is 5.75 Å². The van der Waals surface area contributed by atoms with E-state index in [1.54, 1.807) is 13.1 Å². The van der Waals surface area contributed by atoms with Crippen LogP contribution >= 0.6 is 22.6 Å². The lowest BCUT2D eigenvalue weighted by atomic mass is 10.2. The van der Waals surface area contributed by atoms with Crippen molar-refractivity contribution in [2.75, 3.05) is 0 Å². The summed E-state index contributed by atoms with van der Waals surface area (Å²) in [6.07, 6.45) is -1.89. The molecule has 0 spiro atoms. The van der Waals surface area contributed by atoms with Gasteiger partial charge in [-0.2, -0.15) is 5.10 Å². The standard InChI is InChI=1S/C9H6F3IN2O/c1-5-2-6(16-9(10,11)12)4-15-8(5)7(13)3-14-15/h2-4H,1H3. The van der Waals surface area contributed by atoms with Crippen molar-refractivity contribution in [3.05, 3.63) is 27.6 Å². The lowest BCUT2D eigenvalue weighted by Gasteiger charge is -2.10. The molecule has 0 aliphatic heterocycles. The van der Waals surface area contributed by atoms with Crippen molar-refractivity contribution in [1.29, 1.82) is 0 Å². The molecule has 0 atom stereocenters. The minimum atomic E-state index is -4.68. The third kappa shape index (κ3) is 2.23. The molecule has 2 aromatic rings. The topological polar surface area (TPSA) is 26.5 Å². The van der Waals surface area contributed by atoms with E-state index in [1.807, 2.05) is 0 Å². The average Bonchev–Trinajstić information content (AvgIpc) is 2.44. The molecule has 86 valence electrons. The molecule has 0 fully saturated rings. The van der Waals surface area contributed by atoms with Gasteiger partial charge in [-0.25, -0.2) is 4.52 Å². The fourth-order valence-corrected chi connectivity index (χ4v) is 2.23. The molecule has 0 N–H and O–H groups in total. The lowest BCUT2D eigenvalue weighted by Crippen LogP contribution is -2.17. The summed E-state index contributed by atoms with van der Waals surface area (Å²) in [7, 11) is 0. The first-order chi connectivity index (χ1) is 7.37. The first kappa shape index (κ1) is 11.5. The summed E-state index contributed by atoms with van der Waals surface area (Å²) in [5.41, 5.74) is 1.47. The first-order valence-corrected chi connectivity index (χ1v) is 5.34. The maximum atomic E-state index is 12.0. The molecule has 2 heterocycles. The molecular formula is C9H6F3IN2O. The zero-order chi connectivity index (χ0) is 11.9. The van der Waals surface area contributed by atoms with Gasteiger partial charge >= 0.3 is 6.36 Å². The highest BCUT2D eigenvalue weighted by Gasteiger charge is 2.31. The van der Waals surface area contributed by atoms with E-state index in [4.69, 9.17) is 0 Å². The zero-order valence-corrected chi connectivity index (χ0v) is 10.2. The largest absolute Gasteiger partial charge is 0.573 e. The molecule has 0 unspecified atom stereocenters. The van der Waals surface area contributed by atoms with Gasteiger partial charge in [0.25, 0.3) is 0 Å². The second-order valence-electron chi connectivity index (χ2n) is 3.19. The number of rotatable bonds is 1. The van der Waals surface area contributed by atoms with Gasteiger partial charge in [-0.15, -0.1) is 13.2 Å². The van der Waals surface area contributed by atoms with Gasteiger partial charge in [0.15, 0.2) is 0 Å². The fourth-order valence-electron chi connectivity index (χ4n) is 1.44. The highest BCUT2D eigenvalue weighted by molar-refractivity contribution is 14.1. The normalized spacial score (nSPS) is 12.1. The Kier molecular flexibility index (Phi) is 2.72. The lowest BCUT2D eigenvalue weighted by molar-refractivity contribution is -0.274. The van der Waals surface area contributed by atoms with Crippen molar-refractivity contribution in [3.63, 3.8) is 0 Å². The van der Waals surface area contributed by atoms with Gasteiger partial charge < -0.3 is 4.74 Å². The summed E-state index contributed by atoms with van der Waals surface area (Å²) >= 11 is 2.07. The molecule has 0 amide bonds. The molecule has 2 aromatic heterocycles. The SMILES string of the molecule is Cc1cc(OC(F)(F)F)cn2ncc(I)c12. The van der Waals surface area contributed by atoms with Crippen molar-refractivity contribution < 1.29 is 17.9 Å². The van der Waals surface area contributed by atoms with E-state index in [1.165, 1.54) is 16.8 Å². The molecule has 0 aromatic carbocycles. The second kappa shape index (κ2) is 3.79. The summed E-state index contributed by atoms with van der Waals surface area (Å²) < 4.78 is 42.2. The number of aromatic nitrogens is 2. The summed E-state index contributed by atoms with van der Waals surface area (Å²) in [5.74, 6) is -0.267. The Morgan fingerprint density at radius 2 is 2.12 bits per heavy atom. The maximum absolute atomic E-state index is 12.0. The fraction of sp³-hybridized carbons (Fsp3) is 0.222. The number of alkyl halides is 3. The number of aryl methyl sites for hydroxylation is 1. The van der Waals surface area contributed by atoms with Crippen LogP contribution in [0.1, 0.15) is 5.56 Å². The van der Waals surface area contributed by atoms with Crippen molar-refractivity contribution in [2.24, 2.45) is 0 Å². The molecule has 0 radical (unpaired) electrons. The van der Waals surface area contributed by atoms with E-state index in [0.29, 0.717) is 5.56 Å². The zero-order valence-electron chi connectivity index (χ0n) is 8.05. The van der Waals surface area contributed by atoms with Gasteiger partial charge in [0, 0.05) is 0 Å². The van der Waals surface area contributed by atoms with Crippen molar-refractivity contribution >= 4 is 28.1 Å². The smallest absolute Gasteiger partial charge is 0.404 e. The van der Waals surface area contributed by atoms with Gasteiger partial charge in [0.2, 0.25) is 0 Å². The summed E-state index contributed by atoms with van der Waals surface area (Å²) in [5, 5.41) is 3.93. The van der Waals surface area contributed by atoms with Crippen LogP contribution < -0.4 is 4.74 Å². The molecule has 0 saturated carbocycles. The monoisotopic (exact) mass is 342 g/mol. The van der Waals surface area contributed by atoms with E-state index in [0.717, 1.165) is 9.09 Å². The predicted octanol–water partition coefficient (Wildman–Crippen LogP) is 3.15. The predicted molar refractivity (Wildman–Crippen MR) is 59.3 cm³/mol. The van der Waals surface area contributed by atoms with E-state index in [9.17, 15) is 13.2 Å². The van der Waals surface area contributed by atoms with Crippen LogP contribution in [0.3, 0.4) is 0 Å². The second-order valence-corrected chi connectivity index (χ2v) is 4.35. The van der Waals surface area contributed by atoms with Gasteiger partial charge in [-0.3, -0.25) is 0 Å². The van der Waals surface area contributed by atoms with Crippen LogP contribution in [0.4, 0.5) is 13.2 Å². The molecule has 0 aliphatic rings. The van der Waals surface area contributed by atoms with E-state index in [-0.39, 0.29) is 5.75 Å². The Morgan fingerprint density at radius 1 is 1.44 bits per heavy atom. The summed E-state index contributed by atoms with van der Waals surface area (Å²) in [4.78, 5) is 0. The Bertz CT molecular complexity index is 535. The highest BCUT2D eigenvalue weighted by atomic mass is 127. The molecule has 7 heteroatoms. The third-order valence-electron chi connectivity index (χ3n) is 1.97. The number of fused-ring (bicyclic) bond motifs is 1. The van der Waals surface area contributed by atoms with Crippen molar-refractivity contribution in [3.8, 4) is 5.75 Å². The van der Waals surface area contributed by atoms with Crippen molar-refractivity contribution in [1.82, 2.24) is 9.61 Å². The Morgan fingerprint density at radius 3 is 2.75 bits per heavy atom. The summed E-state index contributed by atoms with van der Waals surface area (Å²) in [6.45, 7) is 1.71. The minimum absolute atomic E-state index is 0.267. The number of pyridine rings is 1. The van der Waals surface area contributed by atoms with E-state index >= 15 is 0 Å². The Labute approximate surface area is 102 Å². The number of hydrogen-bond donors (Lipinski definition) is 0. The Hall–Kier alpha value is -0.990. The maximum Gasteiger partial charge on any atom is 0.573 e. The average molecular weight is 342 g/mol. The van der Waals surface area contributed by atoms with Gasteiger partial charge in [0.1, 0.15) is 5.75 Å². The van der Waals surface area contributed by atoms with Crippen LogP contribution in [0.2, 0.25) is 0 Å². The Balaban J connectivity index is 2.51. The quantitative estimate of drug-likeness (QED) is 0.745. The number of nitrogens with zero attached hydrogens (tertiary/aromatic N) is 2. The van der Waals surface area contributed by atoms with Crippen LogP contribution in [-0.4, -0.2) is 16.0 Å². The van der Waals surface area contributed by atoms with Gasteiger partial charge in [-0.05, 0) is 41.1 Å². The molecule has 3 nitrogen and oxygen atoms in total. The van der Waals surface area contributed by atoms with E-state index in [2.05, 4.69) is 32.4 Å². The van der Waals surface area contributed by atoms with Crippen molar-refractivity contribution in [2.45, 2.75) is 13.3 Å². The molecule has 0 saturated heterocycles. The van der Waals surface area contributed by atoms with Gasteiger partial charge in [-0.1, -0.05) is 0 Å². The van der Waals surface area contributed by atoms with Gasteiger partial charge in [0.05, 0.1) is 21.5 Å². The molecule has 2 rings (SSSR count). The third-order valence-corrected chi connectivity index (χ3v) is 2.76. The van der Waals surface area contributed by atoms with Crippen LogP contribution in [0.25, 0.3) is 5.52 Å². The molecule has 0 aliphatic carbocycles. The number of halogens is 4. The van der Waals surface area contributed by atoms with Crippen LogP contribution in [0.15, 0.2) is 18.5 Å². The number of ether oxygens (including phenoxy) is 1. The van der Waals surface area contributed by atoms with Crippen LogP contribution in [0, 0.1) is 10.5 Å². The number of hydrogen-bond acceptors (Lipinski definition) is 2.